The monoisotopic (exact) mass is 416 g/mol. The first-order valence-corrected chi connectivity index (χ1v) is 10.8. The summed E-state index contributed by atoms with van der Waals surface area (Å²) in [7, 11) is 0. The van der Waals surface area contributed by atoms with Gasteiger partial charge in [0.1, 0.15) is 12.4 Å². The number of para-hydroxylation sites is 1. The van der Waals surface area contributed by atoms with Crippen molar-refractivity contribution in [3.05, 3.63) is 90.5 Å². The van der Waals surface area contributed by atoms with E-state index in [2.05, 4.69) is 20.2 Å². The quantitative estimate of drug-likeness (QED) is 0.609. The number of hydrogen-bond acceptors (Lipinski definition) is 5. The van der Waals surface area contributed by atoms with Crippen molar-refractivity contribution in [1.82, 2.24) is 20.2 Å². The summed E-state index contributed by atoms with van der Waals surface area (Å²) in [6.07, 6.45) is 6.96. The molecule has 160 valence electrons. The maximum Gasteiger partial charge on any atom is 0.224 e. The first-order valence-electron chi connectivity index (χ1n) is 10.8. The predicted octanol–water partition coefficient (Wildman–Crippen LogP) is 3.47. The van der Waals surface area contributed by atoms with Gasteiger partial charge in [-0.1, -0.05) is 30.3 Å². The van der Waals surface area contributed by atoms with Crippen LogP contribution in [0.2, 0.25) is 0 Å². The molecule has 0 spiro atoms. The Morgan fingerprint density at radius 1 is 1.03 bits per heavy atom. The van der Waals surface area contributed by atoms with Crippen LogP contribution < -0.4 is 10.1 Å². The zero-order chi connectivity index (χ0) is 21.3. The summed E-state index contributed by atoms with van der Waals surface area (Å²) >= 11 is 0. The number of rotatable bonds is 8. The normalized spacial score (nSPS) is 15.9. The van der Waals surface area contributed by atoms with Crippen LogP contribution in [0.5, 0.6) is 5.75 Å². The van der Waals surface area contributed by atoms with E-state index in [0.29, 0.717) is 6.61 Å². The first kappa shape index (κ1) is 21.0. The van der Waals surface area contributed by atoms with E-state index in [1.165, 1.54) is 0 Å². The maximum atomic E-state index is 13.1. The smallest absolute Gasteiger partial charge is 0.224 e. The van der Waals surface area contributed by atoms with Crippen LogP contribution in [0.25, 0.3) is 0 Å². The minimum atomic E-state index is -0.292. The molecule has 31 heavy (non-hydrogen) atoms. The largest absolute Gasteiger partial charge is 0.492 e. The topological polar surface area (TPSA) is 67.4 Å². The van der Waals surface area contributed by atoms with Crippen molar-refractivity contribution in [2.24, 2.45) is 5.92 Å². The van der Waals surface area contributed by atoms with E-state index in [9.17, 15) is 4.79 Å². The Morgan fingerprint density at radius 3 is 2.55 bits per heavy atom. The molecule has 6 nitrogen and oxygen atoms in total. The number of carbonyl (C=O) groups excluding carboxylic acids is 1. The van der Waals surface area contributed by atoms with Crippen molar-refractivity contribution in [2.75, 3.05) is 26.2 Å². The lowest BCUT2D eigenvalue weighted by atomic mass is 9.94. The third-order valence-electron chi connectivity index (χ3n) is 5.67. The fourth-order valence-electron chi connectivity index (χ4n) is 3.91. The van der Waals surface area contributed by atoms with Crippen molar-refractivity contribution in [3.63, 3.8) is 0 Å². The summed E-state index contributed by atoms with van der Waals surface area (Å²) in [6.45, 7) is 3.33. The number of benzene rings is 1. The van der Waals surface area contributed by atoms with E-state index in [0.717, 1.165) is 49.5 Å². The van der Waals surface area contributed by atoms with E-state index >= 15 is 0 Å². The minimum Gasteiger partial charge on any atom is -0.492 e. The molecule has 0 aliphatic carbocycles. The van der Waals surface area contributed by atoms with Crippen molar-refractivity contribution in [2.45, 2.75) is 18.9 Å². The number of aromatic nitrogens is 2. The second-order valence-corrected chi connectivity index (χ2v) is 7.76. The van der Waals surface area contributed by atoms with Crippen molar-refractivity contribution in [1.29, 1.82) is 0 Å². The van der Waals surface area contributed by atoms with Crippen LogP contribution in [0, 0.1) is 5.92 Å². The molecule has 1 aliphatic heterocycles. The molecule has 3 aromatic rings. The van der Waals surface area contributed by atoms with Gasteiger partial charge in [-0.05, 0) is 61.8 Å². The van der Waals surface area contributed by atoms with Gasteiger partial charge in [0.15, 0.2) is 0 Å². The van der Waals surface area contributed by atoms with Gasteiger partial charge in [0.05, 0.1) is 11.7 Å². The van der Waals surface area contributed by atoms with Crippen molar-refractivity contribution >= 4 is 5.91 Å². The lowest BCUT2D eigenvalue weighted by Gasteiger charge is -2.32. The summed E-state index contributed by atoms with van der Waals surface area (Å²) in [5.74, 6) is 0.988. The van der Waals surface area contributed by atoms with E-state index in [1.807, 2.05) is 60.7 Å². The van der Waals surface area contributed by atoms with Crippen LogP contribution in [0.4, 0.5) is 0 Å². The van der Waals surface area contributed by atoms with Gasteiger partial charge >= 0.3 is 0 Å². The van der Waals surface area contributed by atoms with Crippen LogP contribution in [0.15, 0.2) is 79.3 Å². The van der Waals surface area contributed by atoms with E-state index in [1.54, 1.807) is 18.6 Å². The molecule has 1 amide bonds. The van der Waals surface area contributed by atoms with Gasteiger partial charge < -0.3 is 10.1 Å². The highest BCUT2D eigenvalue weighted by molar-refractivity contribution is 5.79. The molecule has 4 rings (SSSR count). The molecule has 2 aromatic heterocycles. The van der Waals surface area contributed by atoms with Crippen molar-refractivity contribution < 1.29 is 9.53 Å². The Kier molecular flexibility index (Phi) is 7.24. The molecule has 1 atom stereocenters. The van der Waals surface area contributed by atoms with Gasteiger partial charge in [0, 0.05) is 31.1 Å². The molecule has 6 heteroatoms. The molecule has 0 saturated carbocycles. The Morgan fingerprint density at radius 2 is 1.84 bits per heavy atom. The number of hydrogen-bond donors (Lipinski definition) is 1. The third kappa shape index (κ3) is 5.89. The number of amides is 1. The molecule has 0 unspecified atom stereocenters. The maximum absolute atomic E-state index is 13.1. The fourth-order valence-corrected chi connectivity index (χ4v) is 3.91. The minimum absolute atomic E-state index is 0.00850. The Hall–Kier alpha value is -3.25. The molecule has 1 saturated heterocycles. The number of ether oxygens (including phenoxy) is 1. The third-order valence-corrected chi connectivity index (χ3v) is 5.67. The van der Waals surface area contributed by atoms with Gasteiger partial charge in [0.25, 0.3) is 0 Å². The van der Waals surface area contributed by atoms with E-state index in [4.69, 9.17) is 4.74 Å². The number of carbonyl (C=O) groups is 1. The standard InChI is InChI=1S/C25H28N4O2/c30-25(28-24(21-7-6-13-26-19-21)23-10-4-5-14-27-23)20-11-15-29(16-12-20)17-18-31-22-8-2-1-3-9-22/h1-10,13-14,19-20,24H,11-12,15-18H2,(H,28,30)/t24-/m0/s1. The molecule has 3 heterocycles. The number of piperidine rings is 1. The second kappa shape index (κ2) is 10.7. The highest BCUT2D eigenvalue weighted by Gasteiger charge is 2.27. The molecule has 1 aromatic carbocycles. The average Bonchev–Trinajstić information content (AvgIpc) is 2.84. The lowest BCUT2D eigenvalue weighted by Crippen LogP contribution is -2.43. The lowest BCUT2D eigenvalue weighted by molar-refractivity contribution is -0.127. The highest BCUT2D eigenvalue weighted by atomic mass is 16.5. The highest BCUT2D eigenvalue weighted by Crippen LogP contribution is 2.23. The molecular weight excluding hydrogens is 388 g/mol. The Labute approximate surface area is 183 Å². The number of nitrogens with zero attached hydrogens (tertiary/aromatic N) is 3. The van der Waals surface area contributed by atoms with E-state index in [-0.39, 0.29) is 17.9 Å². The zero-order valence-corrected chi connectivity index (χ0v) is 17.6. The first-order chi connectivity index (χ1) is 15.3. The van der Waals surface area contributed by atoms with Crippen LogP contribution in [-0.4, -0.2) is 47.0 Å². The van der Waals surface area contributed by atoms with E-state index < -0.39 is 0 Å². The van der Waals surface area contributed by atoms with Gasteiger partial charge in [-0.15, -0.1) is 0 Å². The summed E-state index contributed by atoms with van der Waals surface area (Å²) in [5.41, 5.74) is 1.75. The molecular formula is C25H28N4O2. The average molecular weight is 417 g/mol. The molecule has 1 aliphatic rings. The Balaban J connectivity index is 1.29. The Bertz CT molecular complexity index is 890. The zero-order valence-electron chi connectivity index (χ0n) is 17.6. The SMILES string of the molecule is O=C(N[C@@H](c1cccnc1)c1ccccn1)C1CCN(CCOc2ccccc2)CC1. The number of nitrogens with one attached hydrogen (secondary N) is 1. The fraction of sp³-hybridized carbons (Fsp3) is 0.320. The molecule has 1 N–H and O–H groups in total. The summed E-state index contributed by atoms with van der Waals surface area (Å²) < 4.78 is 5.80. The van der Waals surface area contributed by atoms with Gasteiger partial charge in [0.2, 0.25) is 5.91 Å². The number of likely N-dealkylation sites (tertiary alicyclic amines) is 1. The van der Waals surface area contributed by atoms with Crippen molar-refractivity contribution in [3.8, 4) is 5.75 Å². The molecule has 0 bridgehead atoms. The van der Waals surface area contributed by atoms with Crippen LogP contribution in [0.1, 0.15) is 30.1 Å². The summed E-state index contributed by atoms with van der Waals surface area (Å²) in [5, 5.41) is 3.21. The molecule has 0 radical (unpaired) electrons. The predicted molar refractivity (Wildman–Crippen MR) is 120 cm³/mol. The van der Waals surface area contributed by atoms with Crippen LogP contribution in [-0.2, 0) is 4.79 Å². The number of pyridine rings is 2. The summed E-state index contributed by atoms with van der Waals surface area (Å²) in [4.78, 5) is 24.1. The molecule has 1 fully saturated rings. The second-order valence-electron chi connectivity index (χ2n) is 7.76. The van der Waals surface area contributed by atoms with Crippen LogP contribution >= 0.6 is 0 Å². The van der Waals surface area contributed by atoms with Gasteiger partial charge in [-0.25, -0.2) is 0 Å². The summed E-state index contributed by atoms with van der Waals surface area (Å²) in [6, 6.07) is 19.2. The van der Waals surface area contributed by atoms with Gasteiger partial charge in [-0.3, -0.25) is 19.7 Å². The van der Waals surface area contributed by atoms with Gasteiger partial charge in [-0.2, -0.15) is 0 Å². The van der Waals surface area contributed by atoms with Crippen LogP contribution in [0.3, 0.4) is 0 Å².